The van der Waals surface area contributed by atoms with Gasteiger partial charge in [0, 0.05) is 24.7 Å². The first-order valence-electron chi connectivity index (χ1n) is 8.75. The fraction of sp³-hybridized carbons (Fsp3) is 0.400. The molecule has 0 saturated heterocycles. The molecule has 0 spiro atoms. The number of carbonyl (C=O) groups excluding carboxylic acids is 2. The molecule has 0 aliphatic carbocycles. The molecule has 2 amide bonds. The van der Waals surface area contributed by atoms with Crippen LogP contribution >= 0.6 is 0 Å². The average Bonchev–Trinajstić information content (AvgIpc) is 2.68. The summed E-state index contributed by atoms with van der Waals surface area (Å²) in [5, 5.41) is 14.3. The first-order valence-corrected chi connectivity index (χ1v) is 8.75. The second kappa shape index (κ2) is 12.5. The lowest BCUT2D eigenvalue weighted by Crippen LogP contribution is -2.27. The average molecular weight is 376 g/mol. The number of ether oxygens (including phenoxy) is 2. The molecule has 0 radical (unpaired) electrons. The van der Waals surface area contributed by atoms with Gasteiger partial charge in [-0.2, -0.15) is 0 Å². The number of hydrogen-bond donors (Lipinski definition) is 3. The third kappa shape index (κ3) is 8.42. The summed E-state index contributed by atoms with van der Waals surface area (Å²) in [4.78, 5) is 23.4. The summed E-state index contributed by atoms with van der Waals surface area (Å²) in [6.07, 6.45) is 6.12. The predicted octanol–water partition coefficient (Wildman–Crippen LogP) is 1.67. The van der Waals surface area contributed by atoms with Crippen LogP contribution in [0.1, 0.15) is 25.3 Å². The van der Waals surface area contributed by atoms with Crippen molar-refractivity contribution in [2.24, 2.45) is 0 Å². The summed E-state index contributed by atoms with van der Waals surface area (Å²) in [7, 11) is 3.13. The zero-order chi connectivity index (χ0) is 20.1. The van der Waals surface area contributed by atoms with Crippen LogP contribution in [0.25, 0.3) is 6.08 Å². The highest BCUT2D eigenvalue weighted by Gasteiger charge is 2.04. The fourth-order valence-electron chi connectivity index (χ4n) is 2.22. The van der Waals surface area contributed by atoms with E-state index >= 15 is 0 Å². The van der Waals surface area contributed by atoms with Gasteiger partial charge in [-0.05, 0) is 43.5 Å². The first kappa shape index (κ1) is 22.2. The van der Waals surface area contributed by atoms with Crippen molar-refractivity contribution < 1.29 is 24.2 Å². The predicted molar refractivity (Wildman–Crippen MR) is 105 cm³/mol. The van der Waals surface area contributed by atoms with Crippen LogP contribution in [0.5, 0.6) is 11.5 Å². The van der Waals surface area contributed by atoms with E-state index in [9.17, 15) is 9.59 Å². The number of rotatable bonds is 11. The lowest BCUT2D eigenvalue weighted by Gasteiger charge is -2.07. The van der Waals surface area contributed by atoms with Crippen molar-refractivity contribution >= 4 is 17.9 Å². The van der Waals surface area contributed by atoms with Gasteiger partial charge in [-0.15, -0.1) is 0 Å². The zero-order valence-corrected chi connectivity index (χ0v) is 16.1. The Balaban J connectivity index is 2.29. The van der Waals surface area contributed by atoms with Gasteiger partial charge in [0.2, 0.25) is 11.8 Å². The van der Waals surface area contributed by atoms with Crippen LogP contribution in [0.3, 0.4) is 0 Å². The van der Waals surface area contributed by atoms with E-state index in [2.05, 4.69) is 10.6 Å². The Bertz CT molecular complexity index is 683. The number of methoxy groups -OCH3 is 2. The van der Waals surface area contributed by atoms with E-state index in [1.807, 2.05) is 6.07 Å². The van der Waals surface area contributed by atoms with Crippen LogP contribution in [0.15, 0.2) is 35.9 Å². The molecule has 1 aromatic rings. The minimum atomic E-state index is -0.189. The zero-order valence-electron chi connectivity index (χ0n) is 16.1. The van der Waals surface area contributed by atoms with Gasteiger partial charge in [0.15, 0.2) is 11.5 Å². The SMILES string of the molecule is COc1ccc(/C=C/C(=O)NCCCCNC(=O)/C(C)=C/CO)cc1OC. The number of unbranched alkanes of at least 4 members (excludes halogenated alkanes) is 1. The standard InChI is InChI=1S/C20H28N2O5/c1-15(10-13-23)20(25)22-12-5-4-11-21-19(24)9-7-16-6-8-17(26-2)18(14-16)27-3/h6-10,14,23H,4-5,11-13H2,1-3H3,(H,21,24)(H,22,25)/b9-7+,15-10+. The maximum absolute atomic E-state index is 11.8. The summed E-state index contributed by atoms with van der Waals surface area (Å²) in [6.45, 7) is 2.54. The van der Waals surface area contributed by atoms with Gasteiger partial charge in [0.05, 0.1) is 20.8 Å². The van der Waals surface area contributed by atoms with Crippen molar-refractivity contribution in [3.63, 3.8) is 0 Å². The molecule has 7 heteroatoms. The highest BCUT2D eigenvalue weighted by molar-refractivity contribution is 5.92. The quantitative estimate of drug-likeness (QED) is 0.403. The summed E-state index contributed by atoms with van der Waals surface area (Å²) < 4.78 is 10.4. The molecule has 0 fully saturated rings. The van der Waals surface area contributed by atoms with E-state index in [0.29, 0.717) is 30.2 Å². The molecule has 0 unspecified atom stereocenters. The Morgan fingerprint density at radius 3 is 2.37 bits per heavy atom. The molecule has 0 atom stereocenters. The second-order valence-electron chi connectivity index (χ2n) is 5.77. The number of hydrogen-bond acceptors (Lipinski definition) is 5. The van der Waals surface area contributed by atoms with Gasteiger partial charge in [0.1, 0.15) is 0 Å². The molecule has 3 N–H and O–H groups in total. The number of carbonyl (C=O) groups is 2. The lowest BCUT2D eigenvalue weighted by molar-refractivity contribution is -0.118. The molecule has 148 valence electrons. The number of aliphatic hydroxyl groups excluding tert-OH is 1. The summed E-state index contributed by atoms with van der Waals surface area (Å²) in [6, 6.07) is 5.40. The van der Waals surface area contributed by atoms with Crippen LogP contribution < -0.4 is 20.1 Å². The van der Waals surface area contributed by atoms with Gasteiger partial charge in [-0.3, -0.25) is 9.59 Å². The van der Waals surface area contributed by atoms with Gasteiger partial charge in [0.25, 0.3) is 0 Å². The molecule has 1 aromatic carbocycles. The number of aliphatic hydroxyl groups is 1. The summed E-state index contributed by atoms with van der Waals surface area (Å²) in [5.74, 6) is 0.862. The molecule has 0 bridgehead atoms. The molecular weight excluding hydrogens is 348 g/mol. The molecule has 0 heterocycles. The van der Waals surface area contributed by atoms with E-state index in [-0.39, 0.29) is 18.4 Å². The molecule has 1 rings (SSSR count). The number of nitrogens with one attached hydrogen (secondary N) is 2. The molecule has 0 saturated carbocycles. The smallest absolute Gasteiger partial charge is 0.246 e. The molecule has 27 heavy (non-hydrogen) atoms. The highest BCUT2D eigenvalue weighted by Crippen LogP contribution is 2.27. The topological polar surface area (TPSA) is 96.9 Å². The van der Waals surface area contributed by atoms with E-state index in [0.717, 1.165) is 18.4 Å². The van der Waals surface area contributed by atoms with Crippen LogP contribution in [0, 0.1) is 0 Å². The Morgan fingerprint density at radius 1 is 1.07 bits per heavy atom. The molecular formula is C20H28N2O5. The van der Waals surface area contributed by atoms with Crippen molar-refractivity contribution in [2.75, 3.05) is 33.9 Å². The van der Waals surface area contributed by atoms with Gasteiger partial charge in [-0.25, -0.2) is 0 Å². The number of amides is 2. The van der Waals surface area contributed by atoms with Gasteiger partial charge < -0.3 is 25.2 Å². The first-order chi connectivity index (χ1) is 13.0. The van der Waals surface area contributed by atoms with Crippen LogP contribution in [-0.4, -0.2) is 50.8 Å². The number of benzene rings is 1. The van der Waals surface area contributed by atoms with E-state index in [1.165, 1.54) is 12.2 Å². The Morgan fingerprint density at radius 2 is 1.74 bits per heavy atom. The Kier molecular flexibility index (Phi) is 10.3. The molecule has 0 aliphatic rings. The van der Waals surface area contributed by atoms with Crippen LogP contribution in [0.2, 0.25) is 0 Å². The van der Waals surface area contributed by atoms with Gasteiger partial charge >= 0.3 is 0 Å². The third-order valence-electron chi connectivity index (χ3n) is 3.78. The van der Waals surface area contributed by atoms with E-state index in [1.54, 1.807) is 39.4 Å². The summed E-state index contributed by atoms with van der Waals surface area (Å²) >= 11 is 0. The maximum atomic E-state index is 11.8. The third-order valence-corrected chi connectivity index (χ3v) is 3.78. The monoisotopic (exact) mass is 376 g/mol. The highest BCUT2D eigenvalue weighted by atomic mass is 16.5. The van der Waals surface area contributed by atoms with Crippen LogP contribution in [0.4, 0.5) is 0 Å². The van der Waals surface area contributed by atoms with Crippen LogP contribution in [-0.2, 0) is 9.59 Å². The second-order valence-corrected chi connectivity index (χ2v) is 5.77. The minimum Gasteiger partial charge on any atom is -0.493 e. The minimum absolute atomic E-state index is 0.151. The van der Waals surface area contributed by atoms with Gasteiger partial charge in [-0.1, -0.05) is 12.1 Å². The normalized spacial score (nSPS) is 11.3. The van der Waals surface area contributed by atoms with Crippen molar-refractivity contribution in [3.8, 4) is 11.5 Å². The van der Waals surface area contributed by atoms with E-state index < -0.39 is 0 Å². The van der Waals surface area contributed by atoms with Crippen molar-refractivity contribution in [3.05, 3.63) is 41.5 Å². The Hall–Kier alpha value is -2.80. The largest absolute Gasteiger partial charge is 0.493 e. The van der Waals surface area contributed by atoms with Crippen molar-refractivity contribution in [1.29, 1.82) is 0 Å². The molecule has 0 aliphatic heterocycles. The molecule has 7 nitrogen and oxygen atoms in total. The fourth-order valence-corrected chi connectivity index (χ4v) is 2.22. The maximum Gasteiger partial charge on any atom is 0.246 e. The van der Waals surface area contributed by atoms with Crippen molar-refractivity contribution in [2.45, 2.75) is 19.8 Å². The summed E-state index contributed by atoms with van der Waals surface area (Å²) in [5.41, 5.74) is 1.32. The lowest BCUT2D eigenvalue weighted by atomic mass is 10.2. The molecule has 0 aromatic heterocycles. The van der Waals surface area contributed by atoms with Crippen molar-refractivity contribution in [1.82, 2.24) is 10.6 Å². The Labute approximate surface area is 160 Å². The van der Waals surface area contributed by atoms with E-state index in [4.69, 9.17) is 14.6 Å².